The molecule has 0 aliphatic carbocycles. The van der Waals surface area contributed by atoms with Gasteiger partial charge >= 0.3 is 5.97 Å². The number of amides is 1. The molecule has 0 spiro atoms. The van der Waals surface area contributed by atoms with Gasteiger partial charge in [0.05, 0.1) is 23.2 Å². The van der Waals surface area contributed by atoms with Gasteiger partial charge in [0.2, 0.25) is 0 Å². The molecule has 3 aromatic rings. The Bertz CT molecular complexity index is 1160. The van der Waals surface area contributed by atoms with Crippen LogP contribution in [0, 0.1) is 20.8 Å². The number of nitrogens with zero attached hydrogens (tertiary/aromatic N) is 2. The highest BCUT2D eigenvalue weighted by Crippen LogP contribution is 2.28. The van der Waals surface area contributed by atoms with Crippen molar-refractivity contribution >= 4 is 39.1 Å². The molecule has 0 saturated heterocycles. The molecule has 8 heteroatoms. The van der Waals surface area contributed by atoms with Crippen molar-refractivity contribution in [2.45, 2.75) is 40.7 Å². The maximum atomic E-state index is 13.0. The van der Waals surface area contributed by atoms with Gasteiger partial charge in [0.25, 0.3) is 11.5 Å². The van der Waals surface area contributed by atoms with E-state index in [1.165, 1.54) is 10.9 Å². The van der Waals surface area contributed by atoms with E-state index in [1.807, 2.05) is 32.0 Å². The molecular weight excluding hydrogens is 390 g/mol. The van der Waals surface area contributed by atoms with Gasteiger partial charge in [-0.1, -0.05) is 17.7 Å². The molecule has 1 amide bonds. The first-order chi connectivity index (χ1) is 13.7. The van der Waals surface area contributed by atoms with Crippen LogP contribution in [0.5, 0.6) is 0 Å². The van der Waals surface area contributed by atoms with E-state index in [4.69, 9.17) is 4.74 Å². The van der Waals surface area contributed by atoms with Crippen molar-refractivity contribution in [3.8, 4) is 0 Å². The number of fused-ring (bicyclic) bond motifs is 1. The fourth-order valence-electron chi connectivity index (χ4n) is 3.14. The van der Waals surface area contributed by atoms with Crippen molar-refractivity contribution in [3.05, 3.63) is 56.4 Å². The quantitative estimate of drug-likeness (QED) is 0.643. The standard InChI is InChI=1S/C21H23N3O4S/c1-6-28-21(27)14(5)24-10-22-19-16(20(24)26)13(4)17(29-19)18(25)23-15-8-7-11(2)9-12(15)3/h7-10,14H,6H2,1-5H3,(H,23,25)/t14-/m0/s1. The molecule has 1 aromatic carbocycles. The molecule has 0 aliphatic rings. The molecule has 0 aliphatic heterocycles. The number of anilines is 1. The number of carbonyl (C=O) groups is 2. The van der Waals surface area contributed by atoms with Crippen LogP contribution in [0.1, 0.15) is 46.3 Å². The van der Waals surface area contributed by atoms with Crippen LogP contribution in [-0.4, -0.2) is 28.0 Å². The van der Waals surface area contributed by atoms with Crippen LogP contribution in [0.4, 0.5) is 5.69 Å². The molecule has 0 saturated carbocycles. The number of benzene rings is 1. The van der Waals surface area contributed by atoms with Gasteiger partial charge in [-0.25, -0.2) is 9.78 Å². The van der Waals surface area contributed by atoms with Crippen LogP contribution in [0.15, 0.2) is 29.3 Å². The highest BCUT2D eigenvalue weighted by Gasteiger charge is 2.23. The molecule has 2 aromatic heterocycles. The fourth-order valence-corrected chi connectivity index (χ4v) is 4.17. The summed E-state index contributed by atoms with van der Waals surface area (Å²) in [4.78, 5) is 43.0. The highest BCUT2D eigenvalue weighted by molar-refractivity contribution is 7.20. The third kappa shape index (κ3) is 3.93. The number of rotatable bonds is 5. The van der Waals surface area contributed by atoms with Gasteiger partial charge in [0, 0.05) is 5.69 Å². The summed E-state index contributed by atoms with van der Waals surface area (Å²) < 4.78 is 6.24. The van der Waals surface area contributed by atoms with Crippen LogP contribution in [0.25, 0.3) is 10.2 Å². The van der Waals surface area contributed by atoms with Crippen molar-refractivity contribution in [1.82, 2.24) is 9.55 Å². The Morgan fingerprint density at radius 3 is 2.66 bits per heavy atom. The van der Waals surface area contributed by atoms with E-state index in [0.29, 0.717) is 20.7 Å². The first-order valence-electron chi connectivity index (χ1n) is 9.30. The van der Waals surface area contributed by atoms with E-state index in [0.717, 1.165) is 28.2 Å². The summed E-state index contributed by atoms with van der Waals surface area (Å²) in [5.41, 5.74) is 2.98. The molecule has 1 atom stereocenters. The minimum absolute atomic E-state index is 0.230. The van der Waals surface area contributed by atoms with Crippen molar-refractivity contribution in [2.75, 3.05) is 11.9 Å². The molecule has 1 N–H and O–H groups in total. The molecule has 2 heterocycles. The summed E-state index contributed by atoms with van der Waals surface area (Å²) in [5, 5.41) is 3.25. The van der Waals surface area contributed by atoms with E-state index >= 15 is 0 Å². The third-order valence-electron chi connectivity index (χ3n) is 4.76. The second kappa shape index (κ2) is 8.16. The average Bonchev–Trinajstić information content (AvgIpc) is 3.01. The number of thiophene rings is 1. The van der Waals surface area contributed by atoms with E-state index in [9.17, 15) is 14.4 Å². The van der Waals surface area contributed by atoms with Gasteiger partial charge in [0.1, 0.15) is 10.9 Å². The smallest absolute Gasteiger partial charge is 0.328 e. The number of aromatic nitrogens is 2. The Balaban J connectivity index is 1.99. The SMILES string of the molecule is CCOC(=O)[C@H](C)n1cnc2sc(C(=O)Nc3ccc(C)cc3C)c(C)c2c1=O. The van der Waals surface area contributed by atoms with Gasteiger partial charge in [-0.15, -0.1) is 11.3 Å². The average molecular weight is 413 g/mol. The zero-order valence-corrected chi connectivity index (χ0v) is 17.8. The largest absolute Gasteiger partial charge is 0.464 e. The van der Waals surface area contributed by atoms with Crippen molar-refractivity contribution < 1.29 is 14.3 Å². The van der Waals surface area contributed by atoms with E-state index in [2.05, 4.69) is 10.3 Å². The van der Waals surface area contributed by atoms with E-state index in [1.54, 1.807) is 20.8 Å². The van der Waals surface area contributed by atoms with E-state index in [-0.39, 0.29) is 18.1 Å². The second-order valence-electron chi connectivity index (χ2n) is 6.89. The van der Waals surface area contributed by atoms with Gasteiger partial charge in [-0.2, -0.15) is 0 Å². The number of hydrogen-bond acceptors (Lipinski definition) is 6. The van der Waals surface area contributed by atoms with Crippen LogP contribution < -0.4 is 10.9 Å². The lowest BCUT2D eigenvalue weighted by Crippen LogP contribution is -2.29. The van der Waals surface area contributed by atoms with Crippen molar-refractivity contribution in [1.29, 1.82) is 0 Å². The minimum Gasteiger partial charge on any atom is -0.464 e. The van der Waals surface area contributed by atoms with Crippen molar-refractivity contribution in [2.24, 2.45) is 0 Å². The molecule has 7 nitrogen and oxygen atoms in total. The third-order valence-corrected chi connectivity index (χ3v) is 5.96. The lowest BCUT2D eigenvalue weighted by atomic mass is 10.1. The second-order valence-corrected chi connectivity index (χ2v) is 7.89. The topological polar surface area (TPSA) is 90.3 Å². The summed E-state index contributed by atoms with van der Waals surface area (Å²) in [6.45, 7) is 9.16. The first-order valence-corrected chi connectivity index (χ1v) is 10.1. The van der Waals surface area contributed by atoms with Gasteiger partial charge in [-0.3, -0.25) is 14.2 Å². The van der Waals surface area contributed by atoms with Gasteiger partial charge in [-0.05, 0) is 51.8 Å². The Hall–Kier alpha value is -3.00. The highest BCUT2D eigenvalue weighted by atomic mass is 32.1. The zero-order valence-electron chi connectivity index (χ0n) is 17.0. The number of hydrogen-bond donors (Lipinski definition) is 1. The summed E-state index contributed by atoms with van der Waals surface area (Å²) in [7, 11) is 0. The number of carbonyl (C=O) groups excluding carboxylic acids is 2. The zero-order chi connectivity index (χ0) is 21.3. The predicted octanol–water partition coefficient (Wildman–Crippen LogP) is 3.76. The summed E-state index contributed by atoms with van der Waals surface area (Å²) in [6.07, 6.45) is 1.33. The monoisotopic (exact) mass is 413 g/mol. The maximum absolute atomic E-state index is 13.0. The Morgan fingerprint density at radius 2 is 2.00 bits per heavy atom. The van der Waals surface area contributed by atoms with Gasteiger partial charge in [0.15, 0.2) is 0 Å². The molecule has 29 heavy (non-hydrogen) atoms. The first kappa shape index (κ1) is 20.7. The molecule has 3 rings (SSSR count). The lowest BCUT2D eigenvalue weighted by molar-refractivity contribution is -0.146. The number of nitrogens with one attached hydrogen (secondary N) is 1. The van der Waals surface area contributed by atoms with Crippen LogP contribution in [0.3, 0.4) is 0 Å². The van der Waals surface area contributed by atoms with Gasteiger partial charge < -0.3 is 10.1 Å². The summed E-state index contributed by atoms with van der Waals surface area (Å²) in [5.74, 6) is -0.793. The van der Waals surface area contributed by atoms with E-state index < -0.39 is 12.0 Å². The fraction of sp³-hybridized carbons (Fsp3) is 0.333. The Kier molecular flexibility index (Phi) is 5.83. The maximum Gasteiger partial charge on any atom is 0.328 e. The molecule has 152 valence electrons. The van der Waals surface area contributed by atoms with Crippen molar-refractivity contribution in [3.63, 3.8) is 0 Å². The number of esters is 1. The van der Waals surface area contributed by atoms with Crippen LogP contribution in [-0.2, 0) is 9.53 Å². The molecule has 0 radical (unpaired) electrons. The molecular formula is C21H23N3O4S. The molecule has 0 fully saturated rings. The number of aryl methyl sites for hydroxylation is 3. The summed E-state index contributed by atoms with van der Waals surface area (Å²) in [6, 6.07) is 4.98. The molecule has 0 bridgehead atoms. The predicted molar refractivity (Wildman–Crippen MR) is 114 cm³/mol. The Morgan fingerprint density at radius 1 is 1.28 bits per heavy atom. The normalized spacial score (nSPS) is 12.0. The van der Waals surface area contributed by atoms with Crippen LogP contribution in [0.2, 0.25) is 0 Å². The van der Waals surface area contributed by atoms with Crippen LogP contribution >= 0.6 is 11.3 Å². The lowest BCUT2D eigenvalue weighted by Gasteiger charge is -2.13. The minimum atomic E-state index is -0.800. The summed E-state index contributed by atoms with van der Waals surface area (Å²) >= 11 is 1.16. The number of ether oxygens (including phenoxy) is 1. The molecule has 0 unspecified atom stereocenters. The Labute approximate surface area is 172 Å².